The number of hydrogen-bond donors (Lipinski definition) is 0. The average Bonchev–Trinajstić information content (AvgIpc) is 2.67. The van der Waals surface area contributed by atoms with Crippen LogP contribution in [-0.4, -0.2) is 30.2 Å². The molecule has 0 aliphatic rings. The Hall–Kier alpha value is -3.13. The van der Waals surface area contributed by atoms with Crippen molar-refractivity contribution in [1.82, 2.24) is 4.90 Å². The molecule has 0 fully saturated rings. The maximum Gasteiger partial charge on any atom is 0.223 e. The molecule has 1 amide bonds. The molecule has 0 N–H and O–H groups in total. The van der Waals surface area contributed by atoms with Crippen LogP contribution in [0.4, 0.5) is 0 Å². The van der Waals surface area contributed by atoms with Crippen molar-refractivity contribution in [2.45, 2.75) is 26.3 Å². The van der Waals surface area contributed by atoms with Crippen molar-refractivity contribution in [2.75, 3.05) is 13.7 Å². The summed E-state index contributed by atoms with van der Waals surface area (Å²) in [4.78, 5) is 26.1. The van der Waals surface area contributed by atoms with E-state index in [9.17, 15) is 9.59 Å². The molecule has 2 aromatic carbocycles. The van der Waals surface area contributed by atoms with Gasteiger partial charge in [0.05, 0.1) is 18.2 Å². The number of carbonyl (C=O) groups excluding carboxylic acids is 2. The minimum Gasteiger partial charge on any atom is -0.494 e. The zero-order valence-corrected chi connectivity index (χ0v) is 15.1. The minimum absolute atomic E-state index is 0.0619. The van der Waals surface area contributed by atoms with E-state index in [4.69, 9.17) is 10.00 Å². The molecule has 5 nitrogen and oxygen atoms in total. The topological polar surface area (TPSA) is 70.4 Å². The Morgan fingerprint density at radius 3 is 2.27 bits per heavy atom. The highest BCUT2D eigenvalue weighted by atomic mass is 16.5. The first kappa shape index (κ1) is 19.2. The van der Waals surface area contributed by atoms with Crippen molar-refractivity contribution in [3.8, 4) is 11.8 Å². The van der Waals surface area contributed by atoms with Gasteiger partial charge < -0.3 is 9.64 Å². The number of ketones is 1. The molecule has 0 atom stereocenters. The summed E-state index contributed by atoms with van der Waals surface area (Å²) in [6, 6.07) is 16.1. The number of carbonyl (C=O) groups is 2. The van der Waals surface area contributed by atoms with Gasteiger partial charge in [0, 0.05) is 32.0 Å². The molecule has 26 heavy (non-hydrogen) atoms. The fraction of sp³-hybridized carbons (Fsp3) is 0.286. The van der Waals surface area contributed by atoms with Gasteiger partial charge in [-0.2, -0.15) is 5.26 Å². The first-order valence-electron chi connectivity index (χ1n) is 8.52. The molecule has 2 aromatic rings. The van der Waals surface area contributed by atoms with Crippen LogP contribution in [0.1, 0.15) is 41.3 Å². The summed E-state index contributed by atoms with van der Waals surface area (Å²) in [5.41, 5.74) is 2.11. The van der Waals surface area contributed by atoms with Gasteiger partial charge in [-0.3, -0.25) is 9.59 Å². The third-order valence-electron chi connectivity index (χ3n) is 3.98. The molecule has 2 rings (SSSR count). The van der Waals surface area contributed by atoms with Crippen LogP contribution in [0, 0.1) is 11.3 Å². The van der Waals surface area contributed by atoms with E-state index in [0.717, 1.165) is 11.3 Å². The number of ether oxygens (including phenoxy) is 1. The van der Waals surface area contributed by atoms with E-state index in [-0.39, 0.29) is 24.5 Å². The van der Waals surface area contributed by atoms with E-state index in [2.05, 4.69) is 6.07 Å². The number of Topliss-reactive ketones (excluding diaryl/α,β-unsaturated/α-hetero) is 1. The zero-order chi connectivity index (χ0) is 18.9. The van der Waals surface area contributed by atoms with Crippen LogP contribution in [0.2, 0.25) is 0 Å². The molecular formula is C21H22N2O3. The second kappa shape index (κ2) is 9.38. The lowest BCUT2D eigenvalue weighted by atomic mass is 10.1. The van der Waals surface area contributed by atoms with Crippen LogP contribution >= 0.6 is 0 Å². The SMILES string of the molecule is CCOc1ccc(C(=O)CCC(=O)N(C)Cc2ccc(C#N)cc2)cc1. The summed E-state index contributed by atoms with van der Waals surface area (Å²) in [5, 5.41) is 8.80. The van der Waals surface area contributed by atoms with E-state index < -0.39 is 0 Å². The van der Waals surface area contributed by atoms with E-state index in [1.54, 1.807) is 48.3 Å². The monoisotopic (exact) mass is 350 g/mol. The standard InChI is InChI=1S/C21H22N2O3/c1-3-26-19-10-8-18(9-11-19)20(24)12-13-21(25)23(2)15-17-6-4-16(14-22)5-7-17/h4-11H,3,12-13,15H2,1-2H3. The highest BCUT2D eigenvalue weighted by Gasteiger charge is 2.13. The van der Waals surface area contributed by atoms with Crippen LogP contribution in [-0.2, 0) is 11.3 Å². The Morgan fingerprint density at radius 2 is 1.69 bits per heavy atom. The molecule has 0 aliphatic heterocycles. The molecule has 0 spiro atoms. The Kier molecular flexibility index (Phi) is 6.92. The summed E-state index contributed by atoms with van der Waals surface area (Å²) in [7, 11) is 1.71. The van der Waals surface area contributed by atoms with Crippen molar-refractivity contribution >= 4 is 11.7 Å². The molecule has 0 bridgehead atoms. The predicted molar refractivity (Wildman–Crippen MR) is 98.8 cm³/mol. The largest absolute Gasteiger partial charge is 0.494 e. The quantitative estimate of drug-likeness (QED) is 0.682. The second-order valence-corrected chi connectivity index (χ2v) is 5.94. The van der Waals surface area contributed by atoms with E-state index >= 15 is 0 Å². The lowest BCUT2D eigenvalue weighted by Gasteiger charge is -2.17. The lowest BCUT2D eigenvalue weighted by molar-refractivity contribution is -0.130. The molecule has 0 aliphatic carbocycles. The van der Waals surface area contributed by atoms with Crippen molar-refractivity contribution in [2.24, 2.45) is 0 Å². The number of hydrogen-bond acceptors (Lipinski definition) is 4. The summed E-state index contributed by atoms with van der Waals surface area (Å²) >= 11 is 0. The van der Waals surface area contributed by atoms with Gasteiger partial charge >= 0.3 is 0 Å². The summed E-state index contributed by atoms with van der Waals surface area (Å²) in [5.74, 6) is 0.573. The van der Waals surface area contributed by atoms with Crippen LogP contribution < -0.4 is 4.74 Å². The molecule has 0 heterocycles. The van der Waals surface area contributed by atoms with Crippen LogP contribution in [0.5, 0.6) is 5.75 Å². The smallest absolute Gasteiger partial charge is 0.223 e. The van der Waals surface area contributed by atoms with Gasteiger partial charge in [0.15, 0.2) is 5.78 Å². The minimum atomic E-state index is -0.0892. The average molecular weight is 350 g/mol. The third-order valence-corrected chi connectivity index (χ3v) is 3.98. The van der Waals surface area contributed by atoms with E-state index in [1.807, 2.05) is 19.1 Å². The van der Waals surface area contributed by atoms with E-state index in [0.29, 0.717) is 24.3 Å². The first-order valence-corrected chi connectivity index (χ1v) is 8.52. The second-order valence-electron chi connectivity index (χ2n) is 5.94. The normalized spacial score (nSPS) is 10.0. The van der Waals surface area contributed by atoms with Crippen molar-refractivity contribution in [1.29, 1.82) is 5.26 Å². The highest BCUT2D eigenvalue weighted by Crippen LogP contribution is 2.14. The van der Waals surface area contributed by atoms with Gasteiger partial charge in [0.1, 0.15) is 5.75 Å². The van der Waals surface area contributed by atoms with Gasteiger partial charge in [-0.25, -0.2) is 0 Å². The van der Waals surface area contributed by atoms with Gasteiger partial charge in [-0.05, 0) is 48.9 Å². The lowest BCUT2D eigenvalue weighted by Crippen LogP contribution is -2.26. The fourth-order valence-corrected chi connectivity index (χ4v) is 2.51. The molecular weight excluding hydrogens is 328 g/mol. The predicted octanol–water partition coefficient (Wildman–Crippen LogP) is 3.58. The Morgan fingerprint density at radius 1 is 1.04 bits per heavy atom. The summed E-state index contributed by atoms with van der Waals surface area (Å²) < 4.78 is 5.35. The van der Waals surface area contributed by atoms with Crippen LogP contribution in [0.25, 0.3) is 0 Å². The molecule has 134 valence electrons. The summed E-state index contributed by atoms with van der Waals surface area (Å²) in [6.45, 7) is 2.92. The number of amides is 1. The van der Waals surface area contributed by atoms with Crippen molar-refractivity contribution in [3.05, 3.63) is 65.2 Å². The number of benzene rings is 2. The van der Waals surface area contributed by atoms with Crippen LogP contribution in [0.3, 0.4) is 0 Å². The zero-order valence-electron chi connectivity index (χ0n) is 15.1. The Bertz CT molecular complexity index is 790. The molecule has 0 unspecified atom stereocenters. The Balaban J connectivity index is 1.84. The van der Waals surface area contributed by atoms with Crippen molar-refractivity contribution < 1.29 is 14.3 Å². The van der Waals surface area contributed by atoms with Crippen molar-refractivity contribution in [3.63, 3.8) is 0 Å². The Labute approximate surface area is 153 Å². The maximum absolute atomic E-state index is 12.2. The van der Waals surface area contributed by atoms with Gasteiger partial charge in [0.25, 0.3) is 0 Å². The number of rotatable bonds is 8. The van der Waals surface area contributed by atoms with Gasteiger partial charge in [0.2, 0.25) is 5.91 Å². The third kappa shape index (κ3) is 5.45. The molecule has 0 saturated carbocycles. The molecule has 0 radical (unpaired) electrons. The molecule has 0 aromatic heterocycles. The number of nitriles is 1. The number of nitrogens with zero attached hydrogens (tertiary/aromatic N) is 2. The highest BCUT2D eigenvalue weighted by molar-refractivity contribution is 5.98. The molecule has 0 saturated heterocycles. The summed E-state index contributed by atoms with van der Waals surface area (Å²) in [6.07, 6.45) is 0.337. The molecule has 5 heteroatoms. The van der Waals surface area contributed by atoms with Crippen LogP contribution in [0.15, 0.2) is 48.5 Å². The first-order chi connectivity index (χ1) is 12.5. The maximum atomic E-state index is 12.2. The van der Waals surface area contributed by atoms with Gasteiger partial charge in [-0.1, -0.05) is 12.1 Å². The van der Waals surface area contributed by atoms with Gasteiger partial charge in [-0.15, -0.1) is 0 Å². The fourth-order valence-electron chi connectivity index (χ4n) is 2.51. The van der Waals surface area contributed by atoms with E-state index in [1.165, 1.54) is 0 Å².